The summed E-state index contributed by atoms with van der Waals surface area (Å²) >= 11 is 0. The number of benzene rings is 1. The van der Waals surface area contributed by atoms with Crippen molar-refractivity contribution < 1.29 is 23.5 Å². The summed E-state index contributed by atoms with van der Waals surface area (Å²) in [4.78, 5) is 22.4. The van der Waals surface area contributed by atoms with E-state index in [-0.39, 0.29) is 18.4 Å². The molecule has 0 aliphatic rings. The van der Waals surface area contributed by atoms with Gasteiger partial charge in [-0.3, -0.25) is 4.79 Å². The van der Waals surface area contributed by atoms with Crippen LogP contribution in [0, 0.1) is 11.6 Å². The van der Waals surface area contributed by atoms with Gasteiger partial charge in [0.25, 0.3) is 0 Å². The highest BCUT2D eigenvalue weighted by molar-refractivity contribution is 5.84. The maximum absolute atomic E-state index is 13.3. The van der Waals surface area contributed by atoms with Crippen LogP contribution in [0.1, 0.15) is 12.0 Å². The molecule has 0 spiro atoms. The number of carbonyl (C=O) groups excluding carboxylic acids is 1. The molecule has 19 heavy (non-hydrogen) atoms. The van der Waals surface area contributed by atoms with E-state index in [4.69, 9.17) is 5.11 Å². The van der Waals surface area contributed by atoms with E-state index in [9.17, 15) is 18.4 Å². The second-order valence-corrected chi connectivity index (χ2v) is 3.90. The summed E-state index contributed by atoms with van der Waals surface area (Å²) < 4.78 is 26.0. The Morgan fingerprint density at radius 3 is 2.63 bits per heavy atom. The topological polar surface area (TPSA) is 66.4 Å². The van der Waals surface area contributed by atoms with Gasteiger partial charge < -0.3 is 10.4 Å². The normalized spacial score (nSPS) is 11.7. The lowest BCUT2D eigenvalue weighted by molar-refractivity contribution is -0.141. The zero-order chi connectivity index (χ0) is 14.4. The quantitative estimate of drug-likeness (QED) is 0.772. The Labute approximate surface area is 108 Å². The summed E-state index contributed by atoms with van der Waals surface area (Å²) in [6.45, 7) is 3.38. The maximum Gasteiger partial charge on any atom is 0.326 e. The van der Waals surface area contributed by atoms with E-state index in [1.807, 2.05) is 0 Å². The monoisotopic (exact) mass is 269 g/mol. The van der Waals surface area contributed by atoms with Crippen LogP contribution in [0.4, 0.5) is 8.78 Å². The lowest BCUT2D eigenvalue weighted by Crippen LogP contribution is -2.41. The van der Waals surface area contributed by atoms with Crippen molar-refractivity contribution in [1.29, 1.82) is 0 Å². The molecule has 0 aliphatic carbocycles. The summed E-state index contributed by atoms with van der Waals surface area (Å²) in [5.41, 5.74) is 0.00152. The number of carboxylic acids is 1. The predicted molar refractivity (Wildman–Crippen MR) is 64.4 cm³/mol. The van der Waals surface area contributed by atoms with Gasteiger partial charge in [-0.1, -0.05) is 12.1 Å². The molecule has 0 saturated heterocycles. The first kappa shape index (κ1) is 14.8. The molecule has 102 valence electrons. The van der Waals surface area contributed by atoms with Crippen LogP contribution in [0.15, 0.2) is 30.9 Å². The average molecular weight is 269 g/mol. The molecule has 0 heterocycles. The maximum atomic E-state index is 13.3. The van der Waals surface area contributed by atoms with Crippen LogP contribution >= 0.6 is 0 Å². The van der Waals surface area contributed by atoms with Crippen molar-refractivity contribution in [3.8, 4) is 0 Å². The summed E-state index contributed by atoms with van der Waals surface area (Å²) in [5, 5.41) is 11.1. The zero-order valence-corrected chi connectivity index (χ0v) is 10.0. The van der Waals surface area contributed by atoms with Crippen molar-refractivity contribution in [2.24, 2.45) is 0 Å². The Bertz CT molecular complexity index is 503. The number of hydrogen-bond acceptors (Lipinski definition) is 2. The van der Waals surface area contributed by atoms with Crippen LogP contribution in [-0.2, 0) is 16.0 Å². The molecule has 0 radical (unpaired) electrons. The third-order valence-corrected chi connectivity index (χ3v) is 2.40. The van der Waals surface area contributed by atoms with Crippen LogP contribution in [0.3, 0.4) is 0 Å². The van der Waals surface area contributed by atoms with Gasteiger partial charge in [-0.25, -0.2) is 13.6 Å². The number of halogens is 2. The van der Waals surface area contributed by atoms with Crippen LogP contribution < -0.4 is 5.32 Å². The minimum absolute atomic E-state index is 0.00152. The van der Waals surface area contributed by atoms with Crippen molar-refractivity contribution >= 4 is 11.9 Å². The highest BCUT2D eigenvalue weighted by Crippen LogP contribution is 2.10. The third-order valence-electron chi connectivity index (χ3n) is 2.40. The number of amides is 1. The second kappa shape index (κ2) is 6.63. The lowest BCUT2D eigenvalue weighted by Gasteiger charge is -2.12. The minimum Gasteiger partial charge on any atom is -0.480 e. The molecule has 1 atom stereocenters. The second-order valence-electron chi connectivity index (χ2n) is 3.90. The number of hydrogen-bond donors (Lipinski definition) is 2. The van der Waals surface area contributed by atoms with Gasteiger partial charge in [-0.15, -0.1) is 6.58 Å². The smallest absolute Gasteiger partial charge is 0.326 e. The fraction of sp³-hybridized carbons (Fsp3) is 0.231. The van der Waals surface area contributed by atoms with E-state index < -0.39 is 29.6 Å². The number of aliphatic carboxylic acids is 1. The summed E-state index contributed by atoms with van der Waals surface area (Å²) in [6.07, 6.45) is 1.07. The molecule has 0 bridgehead atoms. The fourth-order valence-corrected chi connectivity index (χ4v) is 1.47. The molecule has 4 nitrogen and oxygen atoms in total. The van der Waals surface area contributed by atoms with Gasteiger partial charge in [0.15, 0.2) is 0 Å². The van der Waals surface area contributed by atoms with E-state index in [0.29, 0.717) is 6.07 Å². The first-order valence-electron chi connectivity index (χ1n) is 5.51. The van der Waals surface area contributed by atoms with E-state index in [1.165, 1.54) is 6.08 Å². The molecule has 6 heteroatoms. The van der Waals surface area contributed by atoms with Crippen molar-refractivity contribution in [2.75, 3.05) is 0 Å². The third kappa shape index (κ3) is 4.50. The van der Waals surface area contributed by atoms with Crippen LogP contribution in [0.5, 0.6) is 0 Å². The first-order chi connectivity index (χ1) is 8.93. The molecule has 0 aromatic heterocycles. The number of carboxylic acid groups (broad SMARTS) is 1. The van der Waals surface area contributed by atoms with Gasteiger partial charge in [0.05, 0.1) is 6.42 Å². The molecule has 1 aromatic carbocycles. The van der Waals surface area contributed by atoms with Gasteiger partial charge in [-0.2, -0.15) is 0 Å². The van der Waals surface area contributed by atoms with E-state index >= 15 is 0 Å². The largest absolute Gasteiger partial charge is 0.480 e. The Balaban J connectivity index is 2.68. The van der Waals surface area contributed by atoms with Gasteiger partial charge in [0.2, 0.25) is 5.91 Å². The SMILES string of the molecule is C=CC[C@H](NC(=O)Cc1ccc(F)cc1F)C(=O)O. The summed E-state index contributed by atoms with van der Waals surface area (Å²) in [6, 6.07) is 1.74. The van der Waals surface area contributed by atoms with E-state index in [1.54, 1.807) is 0 Å². The van der Waals surface area contributed by atoms with E-state index in [0.717, 1.165) is 12.1 Å². The molecular weight excluding hydrogens is 256 g/mol. The highest BCUT2D eigenvalue weighted by Gasteiger charge is 2.19. The molecule has 2 N–H and O–H groups in total. The first-order valence-corrected chi connectivity index (χ1v) is 5.51. The van der Waals surface area contributed by atoms with Crippen LogP contribution in [-0.4, -0.2) is 23.0 Å². The highest BCUT2D eigenvalue weighted by atomic mass is 19.1. The predicted octanol–water partition coefficient (Wildman–Crippen LogP) is 1.65. The fourth-order valence-electron chi connectivity index (χ4n) is 1.47. The number of carbonyl (C=O) groups is 2. The van der Waals surface area contributed by atoms with Crippen molar-refractivity contribution in [2.45, 2.75) is 18.9 Å². The molecule has 0 aliphatic heterocycles. The lowest BCUT2D eigenvalue weighted by atomic mass is 10.1. The Hall–Kier alpha value is -2.24. The molecule has 1 aromatic rings. The average Bonchev–Trinajstić information content (AvgIpc) is 2.32. The van der Waals surface area contributed by atoms with Gasteiger partial charge in [-0.05, 0) is 18.1 Å². The Morgan fingerprint density at radius 2 is 2.11 bits per heavy atom. The number of rotatable bonds is 6. The molecule has 0 unspecified atom stereocenters. The molecule has 0 fully saturated rings. The Morgan fingerprint density at radius 1 is 1.42 bits per heavy atom. The van der Waals surface area contributed by atoms with Gasteiger partial charge in [0.1, 0.15) is 17.7 Å². The molecule has 1 rings (SSSR count). The Kier molecular flexibility index (Phi) is 5.17. The summed E-state index contributed by atoms with van der Waals surface area (Å²) in [7, 11) is 0. The van der Waals surface area contributed by atoms with Gasteiger partial charge in [0, 0.05) is 6.07 Å². The van der Waals surface area contributed by atoms with Crippen molar-refractivity contribution in [1.82, 2.24) is 5.32 Å². The van der Waals surface area contributed by atoms with Gasteiger partial charge >= 0.3 is 5.97 Å². The minimum atomic E-state index is -1.20. The van der Waals surface area contributed by atoms with Crippen molar-refractivity contribution in [3.05, 3.63) is 48.1 Å². The molecule has 0 saturated carbocycles. The zero-order valence-electron chi connectivity index (χ0n) is 10.0. The van der Waals surface area contributed by atoms with Crippen molar-refractivity contribution in [3.63, 3.8) is 0 Å². The summed E-state index contributed by atoms with van der Waals surface area (Å²) in [5.74, 6) is -3.44. The van der Waals surface area contributed by atoms with Crippen LogP contribution in [0.2, 0.25) is 0 Å². The van der Waals surface area contributed by atoms with Crippen LogP contribution in [0.25, 0.3) is 0 Å². The molecule has 1 amide bonds. The van der Waals surface area contributed by atoms with E-state index in [2.05, 4.69) is 11.9 Å². The molecular formula is C13H13F2NO3. The standard InChI is InChI=1S/C13H13F2NO3/c1-2-3-11(13(18)19)16-12(17)6-8-4-5-9(14)7-10(8)15/h2,4-5,7,11H,1,3,6H2,(H,16,17)(H,18,19)/t11-/m0/s1. The number of nitrogens with one attached hydrogen (secondary N) is 1.